The lowest BCUT2D eigenvalue weighted by Gasteiger charge is -2.09. The molecule has 18 heavy (non-hydrogen) atoms. The van der Waals surface area contributed by atoms with Crippen LogP contribution in [0, 0.1) is 0 Å². The molecular weight excluding hydrogens is 228 g/mol. The number of hydrogen-bond donors (Lipinski definition) is 1. The topological polar surface area (TPSA) is 71.8 Å². The van der Waals surface area contributed by atoms with E-state index in [0.717, 1.165) is 11.0 Å². The molecule has 0 aliphatic rings. The highest BCUT2D eigenvalue weighted by Crippen LogP contribution is 2.19. The van der Waals surface area contributed by atoms with E-state index in [9.17, 15) is 5.11 Å². The molecule has 0 bridgehead atoms. The molecule has 3 aromatic rings. The van der Waals surface area contributed by atoms with Crippen molar-refractivity contribution < 1.29 is 5.11 Å². The number of rotatable bonds is 2. The van der Waals surface area contributed by atoms with Crippen molar-refractivity contribution in [2.45, 2.75) is 6.10 Å². The second kappa shape index (κ2) is 4.46. The Labute approximate surface area is 103 Å². The van der Waals surface area contributed by atoms with Crippen LogP contribution >= 0.6 is 0 Å². The van der Waals surface area contributed by atoms with E-state index in [1.807, 2.05) is 24.3 Å². The quantitative estimate of drug-likeness (QED) is 0.732. The van der Waals surface area contributed by atoms with Gasteiger partial charge in [-0.05, 0) is 12.1 Å². The molecule has 0 saturated carbocycles. The fraction of sp³-hybridized carbons (Fsp3) is 0.0769. The number of fused-ring (bicyclic) bond motifs is 1. The van der Waals surface area contributed by atoms with Gasteiger partial charge < -0.3 is 5.11 Å². The van der Waals surface area contributed by atoms with E-state index in [-0.39, 0.29) is 0 Å². The van der Waals surface area contributed by atoms with E-state index in [1.54, 1.807) is 18.6 Å². The Kier molecular flexibility index (Phi) is 2.66. The molecular formula is C13H10N4O. The van der Waals surface area contributed by atoms with Gasteiger partial charge in [-0.3, -0.25) is 4.98 Å². The summed E-state index contributed by atoms with van der Waals surface area (Å²) >= 11 is 0. The lowest BCUT2D eigenvalue weighted by Crippen LogP contribution is -2.04. The average Bonchev–Trinajstić information content (AvgIpc) is 2.47. The van der Waals surface area contributed by atoms with Crippen LogP contribution in [0.1, 0.15) is 17.4 Å². The zero-order valence-electron chi connectivity index (χ0n) is 9.43. The number of nitrogens with zero attached hydrogens (tertiary/aromatic N) is 4. The Bertz CT molecular complexity index is 672. The third-order valence-corrected chi connectivity index (χ3v) is 2.64. The molecule has 1 unspecified atom stereocenters. The van der Waals surface area contributed by atoms with Crippen LogP contribution in [0.5, 0.6) is 0 Å². The summed E-state index contributed by atoms with van der Waals surface area (Å²) in [4.78, 5) is 16.4. The van der Waals surface area contributed by atoms with E-state index in [1.165, 1.54) is 6.33 Å². The maximum atomic E-state index is 10.2. The Morgan fingerprint density at radius 2 is 1.67 bits per heavy atom. The molecule has 0 spiro atoms. The van der Waals surface area contributed by atoms with Gasteiger partial charge in [0.05, 0.1) is 22.9 Å². The van der Waals surface area contributed by atoms with Crippen LogP contribution in [0.15, 0.2) is 49.2 Å². The first-order valence-corrected chi connectivity index (χ1v) is 5.49. The third kappa shape index (κ3) is 1.91. The largest absolute Gasteiger partial charge is 0.382 e. The second-order valence-corrected chi connectivity index (χ2v) is 3.86. The van der Waals surface area contributed by atoms with Crippen LogP contribution < -0.4 is 0 Å². The van der Waals surface area contributed by atoms with Crippen LogP contribution in [0.2, 0.25) is 0 Å². The number of benzene rings is 1. The minimum atomic E-state index is -0.858. The minimum absolute atomic E-state index is 0.489. The standard InChI is InChI=1S/C13H10N4O/c18-13(9-5-14-8-15-6-9)12-7-16-10-3-1-2-4-11(10)17-12/h1-8,13,18H. The van der Waals surface area contributed by atoms with Gasteiger partial charge in [-0.25, -0.2) is 15.0 Å². The maximum absolute atomic E-state index is 10.2. The van der Waals surface area contributed by atoms with Gasteiger partial charge in [0.25, 0.3) is 0 Å². The summed E-state index contributed by atoms with van der Waals surface area (Å²) < 4.78 is 0. The Morgan fingerprint density at radius 3 is 2.44 bits per heavy atom. The molecule has 3 rings (SSSR count). The normalized spacial score (nSPS) is 12.5. The van der Waals surface area contributed by atoms with Crippen molar-refractivity contribution in [3.8, 4) is 0 Å². The second-order valence-electron chi connectivity index (χ2n) is 3.86. The number of aliphatic hydroxyl groups excluding tert-OH is 1. The summed E-state index contributed by atoms with van der Waals surface area (Å²) in [7, 11) is 0. The molecule has 0 saturated heterocycles. The molecule has 1 atom stereocenters. The smallest absolute Gasteiger partial charge is 0.126 e. The summed E-state index contributed by atoms with van der Waals surface area (Å²) in [5.41, 5.74) is 2.65. The van der Waals surface area contributed by atoms with E-state index in [0.29, 0.717) is 11.3 Å². The van der Waals surface area contributed by atoms with Crippen LogP contribution in [-0.2, 0) is 0 Å². The van der Waals surface area contributed by atoms with Gasteiger partial charge in [0.1, 0.15) is 12.4 Å². The molecule has 1 N–H and O–H groups in total. The van der Waals surface area contributed by atoms with Gasteiger partial charge in [-0.15, -0.1) is 0 Å². The molecule has 2 aromatic heterocycles. The number of para-hydroxylation sites is 2. The number of hydrogen-bond acceptors (Lipinski definition) is 5. The van der Waals surface area contributed by atoms with Gasteiger partial charge in [0, 0.05) is 18.0 Å². The average molecular weight is 238 g/mol. The molecule has 88 valence electrons. The highest BCUT2D eigenvalue weighted by atomic mass is 16.3. The molecule has 1 aromatic carbocycles. The molecule has 0 radical (unpaired) electrons. The molecule has 2 heterocycles. The first-order valence-electron chi connectivity index (χ1n) is 5.49. The fourth-order valence-corrected chi connectivity index (χ4v) is 1.73. The van der Waals surface area contributed by atoms with Gasteiger partial charge in [-0.2, -0.15) is 0 Å². The SMILES string of the molecule is OC(c1cncnc1)c1cnc2ccccc2n1. The van der Waals surface area contributed by atoms with Gasteiger partial charge >= 0.3 is 0 Å². The maximum Gasteiger partial charge on any atom is 0.126 e. The molecule has 0 aliphatic heterocycles. The summed E-state index contributed by atoms with van der Waals surface area (Å²) in [5, 5.41) is 10.2. The molecule has 5 nitrogen and oxygen atoms in total. The van der Waals surface area contributed by atoms with E-state index < -0.39 is 6.10 Å². The van der Waals surface area contributed by atoms with Crippen molar-refractivity contribution in [3.63, 3.8) is 0 Å². The highest BCUT2D eigenvalue weighted by molar-refractivity contribution is 5.73. The molecule has 0 fully saturated rings. The van der Waals surface area contributed by atoms with Crippen LogP contribution in [-0.4, -0.2) is 25.0 Å². The first-order chi connectivity index (χ1) is 8.84. The molecule has 0 amide bonds. The van der Waals surface area contributed by atoms with Crippen molar-refractivity contribution in [2.75, 3.05) is 0 Å². The third-order valence-electron chi connectivity index (χ3n) is 2.64. The summed E-state index contributed by atoms with van der Waals surface area (Å²) in [5.74, 6) is 0. The summed E-state index contributed by atoms with van der Waals surface area (Å²) in [6.45, 7) is 0. The Hall–Kier alpha value is -2.40. The van der Waals surface area contributed by atoms with Crippen molar-refractivity contribution in [1.29, 1.82) is 0 Å². The molecule has 0 aliphatic carbocycles. The van der Waals surface area contributed by atoms with Crippen molar-refractivity contribution >= 4 is 11.0 Å². The predicted molar refractivity (Wildman–Crippen MR) is 65.6 cm³/mol. The van der Waals surface area contributed by atoms with Crippen molar-refractivity contribution in [1.82, 2.24) is 19.9 Å². The van der Waals surface area contributed by atoms with E-state index >= 15 is 0 Å². The fourth-order valence-electron chi connectivity index (χ4n) is 1.73. The van der Waals surface area contributed by atoms with Gasteiger partial charge in [-0.1, -0.05) is 12.1 Å². The van der Waals surface area contributed by atoms with Gasteiger partial charge in [0.15, 0.2) is 0 Å². The number of aliphatic hydroxyl groups is 1. The van der Waals surface area contributed by atoms with Crippen LogP contribution in [0.25, 0.3) is 11.0 Å². The lowest BCUT2D eigenvalue weighted by atomic mass is 10.1. The van der Waals surface area contributed by atoms with E-state index in [2.05, 4.69) is 19.9 Å². The lowest BCUT2D eigenvalue weighted by molar-refractivity contribution is 0.214. The Balaban J connectivity index is 2.04. The zero-order valence-corrected chi connectivity index (χ0v) is 9.43. The number of aromatic nitrogens is 4. The van der Waals surface area contributed by atoms with Crippen molar-refractivity contribution in [3.05, 3.63) is 60.4 Å². The highest BCUT2D eigenvalue weighted by Gasteiger charge is 2.13. The predicted octanol–water partition coefficient (Wildman–Crippen LogP) is 1.50. The van der Waals surface area contributed by atoms with Crippen LogP contribution in [0.4, 0.5) is 0 Å². The molecule has 5 heteroatoms. The summed E-state index contributed by atoms with van der Waals surface area (Å²) in [6, 6.07) is 7.53. The first kappa shape index (κ1) is 10.7. The van der Waals surface area contributed by atoms with Crippen LogP contribution in [0.3, 0.4) is 0 Å². The Morgan fingerprint density at radius 1 is 0.944 bits per heavy atom. The van der Waals surface area contributed by atoms with Gasteiger partial charge in [0.2, 0.25) is 0 Å². The van der Waals surface area contributed by atoms with E-state index in [4.69, 9.17) is 0 Å². The zero-order chi connectivity index (χ0) is 12.4. The minimum Gasteiger partial charge on any atom is -0.382 e. The summed E-state index contributed by atoms with van der Waals surface area (Å²) in [6.07, 6.45) is 5.26. The van der Waals surface area contributed by atoms with Crippen molar-refractivity contribution in [2.24, 2.45) is 0 Å². The monoisotopic (exact) mass is 238 g/mol.